The Hall–Kier alpha value is -2.91. The highest BCUT2D eigenvalue weighted by Crippen LogP contribution is 2.28. The number of benzene rings is 1. The standard InChI is InChI=1S/C22H24N6OS2/c1-5-27-21(18-7-6-12-30-18)24-25-22(27)31-13-19(29)23-20-15(3)26-28(16(20)4)17-10-8-14(2)9-11-17/h6-12H,5,13H2,1-4H3,(H,23,29). The number of thioether (sulfide) groups is 1. The number of carbonyl (C=O) groups excluding carboxylic acids is 1. The second-order valence-corrected chi connectivity index (χ2v) is 9.05. The van der Waals surface area contributed by atoms with E-state index in [-0.39, 0.29) is 11.7 Å². The molecule has 4 rings (SSSR count). The number of thiophene rings is 1. The van der Waals surface area contributed by atoms with Crippen LogP contribution in [0.5, 0.6) is 0 Å². The molecule has 0 unspecified atom stereocenters. The van der Waals surface area contributed by atoms with E-state index in [0.29, 0.717) is 0 Å². The summed E-state index contributed by atoms with van der Waals surface area (Å²) < 4.78 is 3.90. The Balaban J connectivity index is 1.46. The minimum absolute atomic E-state index is 0.0945. The van der Waals surface area contributed by atoms with Gasteiger partial charge in [0.05, 0.1) is 33.4 Å². The number of aryl methyl sites for hydroxylation is 2. The molecule has 0 saturated carbocycles. The lowest BCUT2D eigenvalue weighted by molar-refractivity contribution is -0.113. The van der Waals surface area contributed by atoms with Gasteiger partial charge in [-0.25, -0.2) is 4.68 Å². The summed E-state index contributed by atoms with van der Waals surface area (Å²) in [4.78, 5) is 13.8. The maximum absolute atomic E-state index is 12.7. The van der Waals surface area contributed by atoms with E-state index < -0.39 is 0 Å². The van der Waals surface area contributed by atoms with Gasteiger partial charge in [0.2, 0.25) is 5.91 Å². The van der Waals surface area contributed by atoms with Crippen LogP contribution in [0.3, 0.4) is 0 Å². The van der Waals surface area contributed by atoms with Gasteiger partial charge in [-0.3, -0.25) is 4.79 Å². The third kappa shape index (κ3) is 4.42. The molecular weight excluding hydrogens is 428 g/mol. The minimum atomic E-state index is -0.0945. The van der Waals surface area contributed by atoms with Crippen LogP contribution in [-0.4, -0.2) is 36.2 Å². The first-order valence-corrected chi connectivity index (χ1v) is 11.9. The number of hydrogen-bond acceptors (Lipinski definition) is 6. The van der Waals surface area contributed by atoms with Crippen LogP contribution >= 0.6 is 23.1 Å². The van der Waals surface area contributed by atoms with Crippen LogP contribution in [0.4, 0.5) is 5.69 Å². The van der Waals surface area contributed by atoms with Crippen molar-refractivity contribution in [3.63, 3.8) is 0 Å². The van der Waals surface area contributed by atoms with E-state index in [4.69, 9.17) is 0 Å². The van der Waals surface area contributed by atoms with E-state index in [1.54, 1.807) is 11.3 Å². The zero-order valence-corrected chi connectivity index (χ0v) is 19.5. The Morgan fingerprint density at radius 3 is 2.58 bits per heavy atom. The summed E-state index contributed by atoms with van der Waals surface area (Å²) in [6.45, 7) is 8.71. The summed E-state index contributed by atoms with van der Waals surface area (Å²) in [6, 6.07) is 12.2. The van der Waals surface area contributed by atoms with Gasteiger partial charge in [0.25, 0.3) is 0 Å². The summed E-state index contributed by atoms with van der Waals surface area (Å²) in [5, 5.41) is 19.0. The molecule has 0 aliphatic rings. The number of anilines is 1. The monoisotopic (exact) mass is 452 g/mol. The van der Waals surface area contributed by atoms with E-state index in [9.17, 15) is 4.79 Å². The van der Waals surface area contributed by atoms with Crippen molar-refractivity contribution >= 4 is 34.7 Å². The third-order valence-electron chi connectivity index (χ3n) is 4.94. The molecule has 0 spiro atoms. The van der Waals surface area contributed by atoms with Crippen LogP contribution in [0.15, 0.2) is 46.9 Å². The van der Waals surface area contributed by atoms with Gasteiger partial charge in [-0.15, -0.1) is 21.5 Å². The van der Waals surface area contributed by atoms with Crippen LogP contribution in [0.25, 0.3) is 16.4 Å². The molecule has 0 bridgehead atoms. The third-order valence-corrected chi connectivity index (χ3v) is 6.77. The summed E-state index contributed by atoms with van der Waals surface area (Å²) in [7, 11) is 0. The highest BCUT2D eigenvalue weighted by atomic mass is 32.2. The second-order valence-electron chi connectivity index (χ2n) is 7.16. The fourth-order valence-electron chi connectivity index (χ4n) is 3.34. The first-order valence-electron chi connectivity index (χ1n) is 10.0. The summed E-state index contributed by atoms with van der Waals surface area (Å²) >= 11 is 3.02. The lowest BCUT2D eigenvalue weighted by Gasteiger charge is -2.08. The maximum Gasteiger partial charge on any atom is 0.234 e. The lowest BCUT2D eigenvalue weighted by atomic mass is 10.2. The van der Waals surface area contributed by atoms with Crippen LogP contribution in [-0.2, 0) is 11.3 Å². The molecule has 3 aromatic heterocycles. The predicted molar refractivity (Wildman–Crippen MR) is 126 cm³/mol. The summed E-state index contributed by atoms with van der Waals surface area (Å²) in [5.41, 5.74) is 4.60. The molecule has 0 atom stereocenters. The van der Waals surface area contributed by atoms with Crippen LogP contribution in [0.1, 0.15) is 23.9 Å². The van der Waals surface area contributed by atoms with Gasteiger partial charge in [-0.2, -0.15) is 5.10 Å². The van der Waals surface area contributed by atoms with Crippen molar-refractivity contribution in [1.82, 2.24) is 24.5 Å². The molecule has 1 aromatic carbocycles. The van der Waals surface area contributed by atoms with Gasteiger partial charge in [-0.05, 0) is 51.3 Å². The molecule has 7 nitrogen and oxygen atoms in total. The number of nitrogens with zero attached hydrogens (tertiary/aromatic N) is 5. The molecule has 1 amide bonds. The van der Waals surface area contributed by atoms with Gasteiger partial charge < -0.3 is 9.88 Å². The van der Waals surface area contributed by atoms with Crippen molar-refractivity contribution in [2.24, 2.45) is 0 Å². The smallest absolute Gasteiger partial charge is 0.234 e. The molecule has 4 aromatic rings. The first kappa shape index (κ1) is 21.3. The molecule has 9 heteroatoms. The fourth-order valence-corrected chi connectivity index (χ4v) is 4.85. The number of carbonyl (C=O) groups is 1. The van der Waals surface area contributed by atoms with E-state index in [1.807, 2.05) is 52.7 Å². The number of nitrogens with one attached hydrogen (secondary N) is 1. The first-order chi connectivity index (χ1) is 15.0. The maximum atomic E-state index is 12.7. The van der Waals surface area contributed by atoms with E-state index in [2.05, 4.69) is 46.6 Å². The Labute approximate surface area is 189 Å². The Morgan fingerprint density at radius 1 is 1.13 bits per heavy atom. The second kappa shape index (κ2) is 9.07. The normalized spacial score (nSPS) is 11.1. The van der Waals surface area contributed by atoms with Crippen molar-refractivity contribution in [2.75, 3.05) is 11.1 Å². The number of hydrogen-bond donors (Lipinski definition) is 1. The largest absolute Gasteiger partial charge is 0.322 e. The summed E-state index contributed by atoms with van der Waals surface area (Å²) in [5.74, 6) is 0.992. The molecule has 31 heavy (non-hydrogen) atoms. The highest BCUT2D eigenvalue weighted by Gasteiger charge is 2.18. The van der Waals surface area contributed by atoms with Gasteiger partial charge in [0, 0.05) is 6.54 Å². The molecule has 0 radical (unpaired) electrons. The van der Waals surface area contributed by atoms with Crippen molar-refractivity contribution in [3.8, 4) is 16.4 Å². The van der Waals surface area contributed by atoms with Gasteiger partial charge in [-0.1, -0.05) is 35.5 Å². The zero-order valence-electron chi connectivity index (χ0n) is 17.9. The Kier molecular flexibility index (Phi) is 6.24. The fraction of sp³-hybridized carbons (Fsp3) is 0.273. The van der Waals surface area contributed by atoms with Gasteiger partial charge in [0.15, 0.2) is 11.0 Å². The molecule has 0 saturated heterocycles. The number of amides is 1. The molecule has 1 N–H and O–H groups in total. The number of aromatic nitrogens is 5. The molecule has 0 fully saturated rings. The van der Waals surface area contributed by atoms with Gasteiger partial charge in [0.1, 0.15) is 0 Å². The quantitative estimate of drug-likeness (QED) is 0.405. The average molecular weight is 453 g/mol. The van der Waals surface area contributed by atoms with Crippen LogP contribution < -0.4 is 5.32 Å². The molecule has 0 aliphatic heterocycles. The van der Waals surface area contributed by atoms with Crippen molar-refractivity contribution < 1.29 is 4.79 Å². The topological polar surface area (TPSA) is 77.6 Å². The molecule has 0 aliphatic carbocycles. The lowest BCUT2D eigenvalue weighted by Crippen LogP contribution is -2.16. The van der Waals surface area contributed by atoms with Crippen LogP contribution in [0.2, 0.25) is 0 Å². The van der Waals surface area contributed by atoms with Crippen molar-refractivity contribution in [3.05, 3.63) is 58.7 Å². The molecular formula is C22H24N6OS2. The SMILES string of the molecule is CCn1c(SCC(=O)Nc2c(C)nn(-c3ccc(C)cc3)c2C)nnc1-c1cccs1. The Bertz CT molecular complexity index is 1190. The highest BCUT2D eigenvalue weighted by molar-refractivity contribution is 7.99. The van der Waals surface area contributed by atoms with E-state index >= 15 is 0 Å². The van der Waals surface area contributed by atoms with Crippen molar-refractivity contribution in [1.29, 1.82) is 0 Å². The molecule has 160 valence electrons. The van der Waals surface area contributed by atoms with Crippen LogP contribution in [0, 0.1) is 20.8 Å². The van der Waals surface area contributed by atoms with E-state index in [1.165, 1.54) is 17.3 Å². The summed E-state index contributed by atoms with van der Waals surface area (Å²) in [6.07, 6.45) is 0. The van der Waals surface area contributed by atoms with E-state index in [0.717, 1.165) is 45.2 Å². The minimum Gasteiger partial charge on any atom is -0.322 e. The number of rotatable bonds is 7. The zero-order chi connectivity index (χ0) is 22.0. The molecule has 3 heterocycles. The Morgan fingerprint density at radius 2 is 1.90 bits per heavy atom. The average Bonchev–Trinajstić information content (AvgIpc) is 3.48. The predicted octanol–water partition coefficient (Wildman–Crippen LogP) is 4.87. The van der Waals surface area contributed by atoms with Gasteiger partial charge >= 0.3 is 0 Å². The van der Waals surface area contributed by atoms with Crippen molar-refractivity contribution in [2.45, 2.75) is 39.4 Å².